The summed E-state index contributed by atoms with van der Waals surface area (Å²) in [7, 11) is 0. The number of nitrogens with zero attached hydrogens (tertiary/aromatic N) is 3. The summed E-state index contributed by atoms with van der Waals surface area (Å²) in [4.78, 5) is 17.4. The predicted molar refractivity (Wildman–Crippen MR) is 113 cm³/mol. The van der Waals surface area contributed by atoms with E-state index in [1.165, 1.54) is 12.1 Å². The molecule has 5 rings (SSSR count). The number of aromatic nitrogens is 1. The van der Waals surface area contributed by atoms with Crippen molar-refractivity contribution in [2.75, 3.05) is 31.1 Å². The van der Waals surface area contributed by atoms with Gasteiger partial charge < -0.3 is 14.3 Å². The molecule has 1 aliphatic carbocycles. The first kappa shape index (κ1) is 19.1. The topological polar surface area (TPSA) is 49.6 Å². The smallest absolute Gasteiger partial charge is 0.235 e. The summed E-state index contributed by atoms with van der Waals surface area (Å²) in [6.45, 7) is 2.73. The minimum Gasteiger partial charge on any atom is -0.368 e. The van der Waals surface area contributed by atoms with Gasteiger partial charge in [0.25, 0.3) is 0 Å². The predicted octanol–water partition coefficient (Wildman–Crippen LogP) is 4.51. The van der Waals surface area contributed by atoms with Gasteiger partial charge in [-0.1, -0.05) is 16.8 Å². The normalized spacial score (nSPS) is 17.8. The molecule has 154 valence electrons. The van der Waals surface area contributed by atoms with Gasteiger partial charge in [-0.3, -0.25) is 4.79 Å². The zero-order valence-corrected chi connectivity index (χ0v) is 17.1. The number of halogens is 2. The van der Waals surface area contributed by atoms with Gasteiger partial charge in [-0.15, -0.1) is 0 Å². The SMILES string of the molecule is O=C(N1CCN(c2ccc(F)cc2)CC1)C1(c2cc(-c3ccc(Cl)cc3)on2)CC1. The molecule has 2 heterocycles. The lowest BCUT2D eigenvalue weighted by Gasteiger charge is -2.37. The van der Waals surface area contributed by atoms with Crippen molar-refractivity contribution in [3.05, 3.63) is 71.1 Å². The number of hydrogen-bond acceptors (Lipinski definition) is 4. The lowest BCUT2D eigenvalue weighted by Crippen LogP contribution is -2.51. The van der Waals surface area contributed by atoms with Crippen LogP contribution in [0.2, 0.25) is 5.02 Å². The van der Waals surface area contributed by atoms with Crippen LogP contribution >= 0.6 is 11.6 Å². The fourth-order valence-electron chi connectivity index (χ4n) is 4.08. The Labute approximate surface area is 179 Å². The number of amides is 1. The molecule has 0 atom stereocenters. The Morgan fingerprint density at radius 3 is 2.30 bits per heavy atom. The molecule has 1 aliphatic heterocycles. The molecule has 1 aromatic heterocycles. The molecule has 2 fully saturated rings. The van der Waals surface area contributed by atoms with E-state index in [-0.39, 0.29) is 11.7 Å². The van der Waals surface area contributed by atoms with Crippen LogP contribution in [0.25, 0.3) is 11.3 Å². The second-order valence-electron chi connectivity index (χ2n) is 7.92. The van der Waals surface area contributed by atoms with E-state index >= 15 is 0 Å². The molecule has 0 unspecified atom stereocenters. The van der Waals surface area contributed by atoms with Crippen molar-refractivity contribution in [1.82, 2.24) is 10.1 Å². The lowest BCUT2D eigenvalue weighted by atomic mass is 9.99. The molecule has 0 bridgehead atoms. The Morgan fingerprint density at radius 2 is 1.67 bits per heavy atom. The Balaban J connectivity index is 1.27. The van der Waals surface area contributed by atoms with E-state index in [9.17, 15) is 9.18 Å². The van der Waals surface area contributed by atoms with Gasteiger partial charge in [0.15, 0.2) is 5.76 Å². The zero-order chi connectivity index (χ0) is 20.7. The first-order valence-electron chi connectivity index (χ1n) is 10.1. The molecule has 0 N–H and O–H groups in total. The molecule has 3 aromatic rings. The van der Waals surface area contributed by atoms with Gasteiger partial charge in [-0.25, -0.2) is 4.39 Å². The van der Waals surface area contributed by atoms with Crippen molar-refractivity contribution in [3.8, 4) is 11.3 Å². The summed E-state index contributed by atoms with van der Waals surface area (Å²) in [6, 6.07) is 15.7. The summed E-state index contributed by atoms with van der Waals surface area (Å²) in [5, 5.41) is 4.89. The number of anilines is 1. The third-order valence-corrected chi connectivity index (χ3v) is 6.30. The van der Waals surface area contributed by atoms with Crippen LogP contribution in [0, 0.1) is 5.82 Å². The minimum atomic E-state index is -0.563. The van der Waals surface area contributed by atoms with Gasteiger partial charge in [-0.2, -0.15) is 0 Å². The van der Waals surface area contributed by atoms with E-state index in [1.54, 1.807) is 24.3 Å². The van der Waals surface area contributed by atoms with Crippen LogP contribution in [-0.4, -0.2) is 42.1 Å². The molecule has 0 radical (unpaired) electrons. The molecule has 30 heavy (non-hydrogen) atoms. The first-order valence-corrected chi connectivity index (χ1v) is 10.5. The molecule has 0 spiro atoms. The van der Waals surface area contributed by atoms with E-state index in [1.807, 2.05) is 23.1 Å². The summed E-state index contributed by atoms with van der Waals surface area (Å²) < 4.78 is 18.7. The number of hydrogen-bond donors (Lipinski definition) is 0. The molecule has 5 nitrogen and oxygen atoms in total. The monoisotopic (exact) mass is 425 g/mol. The van der Waals surface area contributed by atoms with Gasteiger partial charge in [-0.05, 0) is 61.4 Å². The van der Waals surface area contributed by atoms with Gasteiger partial charge in [0, 0.05) is 48.5 Å². The zero-order valence-electron chi connectivity index (χ0n) is 16.4. The van der Waals surface area contributed by atoms with Gasteiger partial charge in [0.05, 0.1) is 11.1 Å². The summed E-state index contributed by atoms with van der Waals surface area (Å²) >= 11 is 5.95. The lowest BCUT2D eigenvalue weighted by molar-refractivity contribution is -0.134. The Bertz CT molecular complexity index is 1050. The average molecular weight is 426 g/mol. The van der Waals surface area contributed by atoms with Crippen molar-refractivity contribution in [3.63, 3.8) is 0 Å². The summed E-state index contributed by atoms with van der Waals surface area (Å²) in [6.07, 6.45) is 1.58. The standard InChI is InChI=1S/C23H21ClFN3O2/c24-17-3-1-16(2-4-17)20-15-21(26-30-20)23(9-10-23)22(29)28-13-11-27(12-14-28)19-7-5-18(25)6-8-19/h1-8,15H,9-14H2. The highest BCUT2D eigenvalue weighted by Gasteiger charge is 2.55. The molecular formula is C23H21ClFN3O2. The number of rotatable bonds is 4. The number of benzene rings is 2. The van der Waals surface area contributed by atoms with Crippen molar-refractivity contribution >= 4 is 23.2 Å². The number of piperazine rings is 1. The second-order valence-corrected chi connectivity index (χ2v) is 8.36. The van der Waals surface area contributed by atoms with Crippen LogP contribution in [0.4, 0.5) is 10.1 Å². The van der Waals surface area contributed by atoms with E-state index < -0.39 is 5.41 Å². The van der Waals surface area contributed by atoms with Crippen molar-refractivity contribution in [2.24, 2.45) is 0 Å². The molecule has 2 aromatic carbocycles. The maximum absolute atomic E-state index is 13.3. The quantitative estimate of drug-likeness (QED) is 0.617. The highest BCUT2D eigenvalue weighted by atomic mass is 35.5. The van der Waals surface area contributed by atoms with E-state index in [0.717, 1.165) is 37.2 Å². The highest BCUT2D eigenvalue weighted by Crippen LogP contribution is 2.50. The van der Waals surface area contributed by atoms with Crippen molar-refractivity contribution in [1.29, 1.82) is 0 Å². The van der Waals surface area contributed by atoms with Crippen LogP contribution in [0.15, 0.2) is 59.1 Å². The average Bonchev–Trinajstić information content (AvgIpc) is 3.44. The van der Waals surface area contributed by atoms with Gasteiger partial charge in [0.2, 0.25) is 5.91 Å². The largest absolute Gasteiger partial charge is 0.368 e. The fraction of sp³-hybridized carbons (Fsp3) is 0.304. The second kappa shape index (κ2) is 7.43. The van der Waals surface area contributed by atoms with E-state index in [2.05, 4.69) is 10.1 Å². The third kappa shape index (κ3) is 3.45. The minimum absolute atomic E-state index is 0.122. The van der Waals surface area contributed by atoms with Gasteiger partial charge in [0.1, 0.15) is 5.82 Å². The molecule has 1 saturated carbocycles. The number of carbonyl (C=O) groups excluding carboxylic acids is 1. The number of carbonyl (C=O) groups is 1. The molecule has 1 amide bonds. The van der Waals surface area contributed by atoms with Crippen LogP contribution < -0.4 is 4.90 Å². The Hall–Kier alpha value is -2.86. The Morgan fingerprint density at radius 1 is 1.00 bits per heavy atom. The first-order chi connectivity index (χ1) is 14.5. The fourth-order valence-corrected chi connectivity index (χ4v) is 4.20. The molecular weight excluding hydrogens is 405 g/mol. The van der Waals surface area contributed by atoms with Crippen LogP contribution in [-0.2, 0) is 10.2 Å². The maximum atomic E-state index is 13.3. The van der Waals surface area contributed by atoms with Crippen LogP contribution in [0.5, 0.6) is 0 Å². The summed E-state index contributed by atoms with van der Waals surface area (Å²) in [5.74, 6) is 0.521. The highest BCUT2D eigenvalue weighted by molar-refractivity contribution is 6.30. The van der Waals surface area contributed by atoms with Crippen LogP contribution in [0.3, 0.4) is 0 Å². The van der Waals surface area contributed by atoms with Crippen molar-refractivity contribution < 1.29 is 13.7 Å². The summed E-state index contributed by atoms with van der Waals surface area (Å²) in [5.41, 5.74) is 2.01. The third-order valence-electron chi connectivity index (χ3n) is 6.05. The van der Waals surface area contributed by atoms with Crippen molar-refractivity contribution in [2.45, 2.75) is 18.3 Å². The Kier molecular flexibility index (Phi) is 4.74. The van der Waals surface area contributed by atoms with E-state index in [4.69, 9.17) is 16.1 Å². The molecule has 7 heteroatoms. The maximum Gasteiger partial charge on any atom is 0.235 e. The molecule has 2 aliphatic rings. The van der Waals surface area contributed by atoms with Gasteiger partial charge >= 0.3 is 0 Å². The molecule has 1 saturated heterocycles. The van der Waals surface area contributed by atoms with E-state index in [0.29, 0.717) is 29.6 Å². The van der Waals surface area contributed by atoms with Crippen LogP contribution in [0.1, 0.15) is 18.5 Å².